The minimum absolute atomic E-state index is 0.100. The van der Waals surface area contributed by atoms with Gasteiger partial charge in [-0.2, -0.15) is 0 Å². The van der Waals surface area contributed by atoms with E-state index < -0.39 is 0 Å². The van der Waals surface area contributed by atoms with Gasteiger partial charge in [-0.1, -0.05) is 42.1 Å². The number of benzene rings is 1. The molecule has 1 aliphatic heterocycles. The zero-order valence-corrected chi connectivity index (χ0v) is 18.0. The number of amides is 1. The minimum atomic E-state index is -0.296. The van der Waals surface area contributed by atoms with Gasteiger partial charge in [0.05, 0.1) is 17.1 Å². The van der Waals surface area contributed by atoms with Crippen molar-refractivity contribution in [1.82, 2.24) is 24.7 Å². The highest BCUT2D eigenvalue weighted by atomic mass is 32.2. The molecule has 0 aliphatic carbocycles. The lowest BCUT2D eigenvalue weighted by molar-refractivity contribution is -0.132. The summed E-state index contributed by atoms with van der Waals surface area (Å²) in [6.07, 6.45) is 1.59. The summed E-state index contributed by atoms with van der Waals surface area (Å²) in [5, 5.41) is 8.55. The Balaban J connectivity index is 1.33. The lowest BCUT2D eigenvalue weighted by Gasteiger charge is -2.35. The Labute approximate surface area is 180 Å². The van der Waals surface area contributed by atoms with E-state index in [1.165, 1.54) is 22.0 Å². The van der Waals surface area contributed by atoms with Crippen molar-refractivity contribution in [3.63, 3.8) is 0 Å². The molecule has 1 fully saturated rings. The fourth-order valence-electron chi connectivity index (χ4n) is 3.59. The average Bonchev–Trinajstić information content (AvgIpc) is 3.34. The van der Waals surface area contributed by atoms with E-state index in [4.69, 9.17) is 10.3 Å². The van der Waals surface area contributed by atoms with E-state index in [1.54, 1.807) is 12.3 Å². The van der Waals surface area contributed by atoms with Crippen LogP contribution in [0.5, 0.6) is 0 Å². The smallest absolute Gasteiger partial charge is 0.235 e. The van der Waals surface area contributed by atoms with Gasteiger partial charge in [0.1, 0.15) is 5.76 Å². The molecule has 2 aromatic heterocycles. The number of aryl methyl sites for hydroxylation is 1. The Kier molecular flexibility index (Phi) is 6.10. The lowest BCUT2D eigenvalue weighted by atomic mass is 10.2. The van der Waals surface area contributed by atoms with E-state index in [0.29, 0.717) is 11.0 Å². The highest BCUT2D eigenvalue weighted by molar-refractivity contribution is 8.00. The summed E-state index contributed by atoms with van der Waals surface area (Å²) >= 11 is 1.33. The average molecular weight is 427 g/mol. The van der Waals surface area contributed by atoms with E-state index in [0.717, 1.165) is 44.0 Å². The van der Waals surface area contributed by atoms with Crippen LogP contribution in [0.25, 0.3) is 11.4 Å². The van der Waals surface area contributed by atoms with Crippen molar-refractivity contribution >= 4 is 17.7 Å². The minimum Gasteiger partial charge on any atom is -0.469 e. The zero-order chi connectivity index (χ0) is 21.1. The van der Waals surface area contributed by atoms with E-state index in [1.807, 2.05) is 24.8 Å². The predicted octanol–water partition coefficient (Wildman–Crippen LogP) is 2.39. The van der Waals surface area contributed by atoms with E-state index in [-0.39, 0.29) is 11.2 Å². The number of hydrogen-bond acceptors (Lipinski definition) is 7. The first-order chi connectivity index (χ1) is 14.5. The van der Waals surface area contributed by atoms with Gasteiger partial charge in [-0.05, 0) is 25.5 Å². The van der Waals surface area contributed by atoms with Crippen LogP contribution in [-0.2, 0) is 11.3 Å². The number of nitrogens with zero attached hydrogens (tertiary/aromatic N) is 5. The highest BCUT2D eigenvalue weighted by Crippen LogP contribution is 2.27. The standard InChI is InChI=1S/C21H26N6O2S/c1-15-18(8-13-29-15)19-23-24-21(27(19)22)30-16(2)20(28)26-11-9-25(10-12-26)14-17-6-4-3-5-7-17/h3-8,13,16H,9-12,14,22H2,1-2H3. The molecule has 0 bridgehead atoms. The number of hydrogen-bond donors (Lipinski definition) is 1. The maximum absolute atomic E-state index is 12.9. The molecule has 0 radical (unpaired) electrons. The maximum Gasteiger partial charge on any atom is 0.235 e. The summed E-state index contributed by atoms with van der Waals surface area (Å²) in [6, 6.07) is 12.2. The molecule has 2 N–H and O–H groups in total. The van der Waals surface area contributed by atoms with Crippen LogP contribution in [0.2, 0.25) is 0 Å². The number of carbonyl (C=O) groups excluding carboxylic acids is 1. The van der Waals surface area contributed by atoms with Gasteiger partial charge in [0, 0.05) is 32.7 Å². The van der Waals surface area contributed by atoms with Crippen LogP contribution >= 0.6 is 11.8 Å². The molecule has 3 heterocycles. The third-order valence-electron chi connectivity index (χ3n) is 5.33. The van der Waals surface area contributed by atoms with Gasteiger partial charge in [-0.15, -0.1) is 10.2 Å². The van der Waals surface area contributed by atoms with Crippen molar-refractivity contribution in [3.8, 4) is 11.4 Å². The third kappa shape index (κ3) is 4.36. The molecule has 1 aromatic carbocycles. The molecule has 1 aliphatic rings. The van der Waals surface area contributed by atoms with Crippen molar-refractivity contribution < 1.29 is 9.21 Å². The van der Waals surface area contributed by atoms with E-state index in [2.05, 4.69) is 39.4 Å². The van der Waals surface area contributed by atoms with Gasteiger partial charge in [0.2, 0.25) is 11.1 Å². The molecule has 0 spiro atoms. The molecule has 158 valence electrons. The second-order valence-corrected chi connectivity index (χ2v) is 8.72. The summed E-state index contributed by atoms with van der Waals surface area (Å²) in [5.41, 5.74) is 2.09. The molecule has 30 heavy (non-hydrogen) atoms. The highest BCUT2D eigenvalue weighted by Gasteiger charge is 2.27. The molecule has 1 unspecified atom stereocenters. The molecule has 3 aromatic rings. The molecule has 9 heteroatoms. The van der Waals surface area contributed by atoms with Gasteiger partial charge < -0.3 is 15.2 Å². The molecule has 4 rings (SSSR count). The second-order valence-electron chi connectivity index (χ2n) is 7.41. The molecule has 1 saturated heterocycles. The van der Waals surface area contributed by atoms with Crippen LogP contribution in [-0.4, -0.2) is 62.0 Å². The third-order valence-corrected chi connectivity index (χ3v) is 6.37. The second kappa shape index (κ2) is 8.93. The number of nitrogen functional groups attached to an aromatic ring is 1. The maximum atomic E-state index is 12.9. The van der Waals surface area contributed by atoms with Gasteiger partial charge in [-0.3, -0.25) is 9.69 Å². The van der Waals surface area contributed by atoms with Gasteiger partial charge >= 0.3 is 0 Å². The van der Waals surface area contributed by atoms with Crippen LogP contribution in [0, 0.1) is 6.92 Å². The van der Waals surface area contributed by atoms with Crippen molar-refractivity contribution in [3.05, 3.63) is 54.0 Å². The van der Waals surface area contributed by atoms with Gasteiger partial charge in [-0.25, -0.2) is 4.68 Å². The Hall–Kier alpha value is -2.78. The molecule has 0 saturated carbocycles. The number of nitrogens with two attached hydrogens (primary N) is 1. The number of aromatic nitrogens is 3. The summed E-state index contributed by atoms with van der Waals surface area (Å²) in [7, 11) is 0. The lowest BCUT2D eigenvalue weighted by Crippen LogP contribution is -2.50. The van der Waals surface area contributed by atoms with Gasteiger partial charge in [0.15, 0.2) is 5.82 Å². The van der Waals surface area contributed by atoms with Crippen molar-refractivity contribution in [2.75, 3.05) is 32.0 Å². The Morgan fingerprint density at radius 2 is 1.90 bits per heavy atom. The first-order valence-corrected chi connectivity index (χ1v) is 10.9. The monoisotopic (exact) mass is 426 g/mol. The summed E-state index contributed by atoms with van der Waals surface area (Å²) < 4.78 is 6.74. The Morgan fingerprint density at radius 1 is 1.17 bits per heavy atom. The predicted molar refractivity (Wildman–Crippen MR) is 116 cm³/mol. The number of piperazine rings is 1. The number of thioether (sulfide) groups is 1. The Bertz CT molecular complexity index is 994. The topological polar surface area (TPSA) is 93.4 Å². The molecular weight excluding hydrogens is 400 g/mol. The van der Waals surface area contributed by atoms with Crippen molar-refractivity contribution in [2.24, 2.45) is 0 Å². The molecule has 8 nitrogen and oxygen atoms in total. The number of carbonyl (C=O) groups is 1. The Morgan fingerprint density at radius 3 is 2.57 bits per heavy atom. The fourth-order valence-corrected chi connectivity index (χ4v) is 4.45. The normalized spacial score (nSPS) is 16.0. The number of rotatable bonds is 6. The first kappa shape index (κ1) is 20.5. The largest absolute Gasteiger partial charge is 0.469 e. The van der Waals surface area contributed by atoms with Gasteiger partial charge in [0.25, 0.3) is 0 Å². The summed E-state index contributed by atoms with van der Waals surface area (Å²) in [4.78, 5) is 17.3. The van der Waals surface area contributed by atoms with E-state index >= 15 is 0 Å². The molecule has 1 amide bonds. The molecular formula is C21H26N6O2S. The summed E-state index contributed by atoms with van der Waals surface area (Å²) in [6.45, 7) is 7.85. The van der Waals surface area contributed by atoms with Crippen LogP contribution in [0.1, 0.15) is 18.2 Å². The zero-order valence-electron chi connectivity index (χ0n) is 17.2. The summed E-state index contributed by atoms with van der Waals surface area (Å²) in [5.74, 6) is 7.53. The van der Waals surface area contributed by atoms with Crippen molar-refractivity contribution in [2.45, 2.75) is 30.8 Å². The van der Waals surface area contributed by atoms with Crippen LogP contribution in [0.3, 0.4) is 0 Å². The number of furan rings is 1. The molecule has 1 atom stereocenters. The van der Waals surface area contributed by atoms with Crippen LogP contribution < -0.4 is 5.84 Å². The first-order valence-electron chi connectivity index (χ1n) is 9.99. The van der Waals surface area contributed by atoms with Crippen LogP contribution in [0.4, 0.5) is 0 Å². The SMILES string of the molecule is Cc1occc1-c1nnc(SC(C)C(=O)N2CCN(Cc3ccccc3)CC2)n1N. The van der Waals surface area contributed by atoms with Crippen LogP contribution in [0.15, 0.2) is 52.2 Å². The fraction of sp³-hybridized carbons (Fsp3) is 0.381. The van der Waals surface area contributed by atoms with E-state index in [9.17, 15) is 4.79 Å². The quantitative estimate of drug-likeness (QED) is 0.478. The van der Waals surface area contributed by atoms with Crippen molar-refractivity contribution in [1.29, 1.82) is 0 Å².